The molecule has 0 N–H and O–H groups in total. The topological polar surface area (TPSA) is 31.2 Å². The molecule has 4 heteroatoms. The highest BCUT2D eigenvalue weighted by molar-refractivity contribution is 7.12. The minimum absolute atomic E-state index is 0.0862. The van der Waals surface area contributed by atoms with Crippen LogP contribution in [0, 0.1) is 0 Å². The van der Waals surface area contributed by atoms with E-state index in [4.69, 9.17) is 4.74 Å². The monoisotopic (exact) mass is 349 g/mol. The Labute approximate surface area is 150 Å². The Morgan fingerprint density at radius 2 is 1.88 bits per heavy atom. The summed E-state index contributed by atoms with van der Waals surface area (Å²) in [6.45, 7) is 4.21. The molecule has 0 bridgehead atoms. The van der Waals surface area contributed by atoms with Crippen molar-refractivity contribution in [1.82, 2.24) is 4.57 Å². The number of carbonyl (C=O) groups excluding carboxylic acids is 1. The molecule has 0 atom stereocenters. The first-order valence-electron chi connectivity index (χ1n) is 8.46. The highest BCUT2D eigenvalue weighted by Crippen LogP contribution is 2.30. The second-order valence-electron chi connectivity index (χ2n) is 5.90. The second kappa shape index (κ2) is 6.82. The fourth-order valence-electron chi connectivity index (χ4n) is 3.29. The molecule has 0 radical (unpaired) electrons. The predicted molar refractivity (Wildman–Crippen MR) is 104 cm³/mol. The summed E-state index contributed by atoms with van der Waals surface area (Å²) in [5.74, 6) is 0.0862. The van der Waals surface area contributed by atoms with E-state index in [0.29, 0.717) is 6.61 Å². The molecule has 4 rings (SSSR count). The van der Waals surface area contributed by atoms with Crippen molar-refractivity contribution in [3.8, 4) is 0 Å². The van der Waals surface area contributed by atoms with Crippen LogP contribution in [-0.4, -0.2) is 23.6 Å². The van der Waals surface area contributed by atoms with E-state index in [1.165, 1.54) is 22.2 Å². The zero-order chi connectivity index (χ0) is 17.2. The number of hydrogen-bond donors (Lipinski definition) is 0. The fraction of sp³-hybridized carbons (Fsp3) is 0.190. The number of fused-ring (bicyclic) bond motifs is 3. The number of nitrogens with zero attached hydrogens (tertiary/aromatic N) is 1. The Kier molecular flexibility index (Phi) is 4.38. The largest absolute Gasteiger partial charge is 0.380 e. The van der Waals surface area contributed by atoms with Crippen molar-refractivity contribution < 1.29 is 9.53 Å². The Morgan fingerprint density at radius 3 is 2.68 bits per heavy atom. The molecule has 2 aromatic carbocycles. The SMILES string of the molecule is CCOCCn1c2ccccc2c2cc(C(=O)c3cccs3)ccc21. The van der Waals surface area contributed by atoms with Gasteiger partial charge in [0.2, 0.25) is 5.78 Å². The van der Waals surface area contributed by atoms with E-state index in [0.717, 1.165) is 34.5 Å². The molecule has 126 valence electrons. The predicted octanol–water partition coefficient (Wildman–Crippen LogP) is 5.12. The molecular weight excluding hydrogens is 330 g/mol. The van der Waals surface area contributed by atoms with Gasteiger partial charge >= 0.3 is 0 Å². The van der Waals surface area contributed by atoms with Gasteiger partial charge in [-0.05, 0) is 42.6 Å². The van der Waals surface area contributed by atoms with Crippen molar-refractivity contribution in [1.29, 1.82) is 0 Å². The van der Waals surface area contributed by atoms with Gasteiger partial charge in [0.15, 0.2) is 0 Å². The van der Waals surface area contributed by atoms with E-state index in [1.54, 1.807) is 0 Å². The molecule has 2 aromatic heterocycles. The molecule has 0 aliphatic rings. The molecule has 0 aliphatic heterocycles. The smallest absolute Gasteiger partial charge is 0.202 e. The van der Waals surface area contributed by atoms with Gasteiger partial charge in [0.05, 0.1) is 11.5 Å². The van der Waals surface area contributed by atoms with Gasteiger partial charge in [0.1, 0.15) is 0 Å². The second-order valence-corrected chi connectivity index (χ2v) is 6.85. The minimum atomic E-state index is 0.0862. The molecule has 0 saturated heterocycles. The highest BCUT2D eigenvalue weighted by atomic mass is 32.1. The van der Waals surface area contributed by atoms with Gasteiger partial charge in [0.25, 0.3) is 0 Å². The van der Waals surface area contributed by atoms with Gasteiger partial charge in [-0.15, -0.1) is 11.3 Å². The van der Waals surface area contributed by atoms with Gasteiger partial charge < -0.3 is 9.30 Å². The lowest BCUT2D eigenvalue weighted by molar-refractivity contribution is 0.104. The van der Waals surface area contributed by atoms with E-state index >= 15 is 0 Å². The first-order chi connectivity index (χ1) is 12.3. The maximum atomic E-state index is 12.7. The number of benzene rings is 2. The standard InChI is InChI=1S/C21H19NO2S/c1-2-24-12-11-22-18-7-4-3-6-16(18)17-14-15(9-10-19(17)22)21(23)20-8-5-13-25-20/h3-10,13-14H,2,11-12H2,1H3. The molecule has 0 amide bonds. The number of thiophene rings is 1. The number of aromatic nitrogens is 1. The Morgan fingerprint density at radius 1 is 1.04 bits per heavy atom. The zero-order valence-corrected chi connectivity index (χ0v) is 14.9. The van der Waals surface area contributed by atoms with Crippen molar-refractivity contribution in [3.63, 3.8) is 0 Å². The Balaban J connectivity index is 1.85. The molecule has 25 heavy (non-hydrogen) atoms. The number of rotatable bonds is 6. The third-order valence-electron chi connectivity index (χ3n) is 4.44. The van der Waals surface area contributed by atoms with Crippen molar-refractivity contribution in [2.75, 3.05) is 13.2 Å². The van der Waals surface area contributed by atoms with Crippen molar-refractivity contribution in [2.24, 2.45) is 0 Å². The summed E-state index contributed by atoms with van der Waals surface area (Å²) in [4.78, 5) is 13.5. The summed E-state index contributed by atoms with van der Waals surface area (Å²) in [7, 11) is 0. The van der Waals surface area contributed by atoms with Gasteiger partial charge in [-0.25, -0.2) is 0 Å². The van der Waals surface area contributed by atoms with Gasteiger partial charge in [0, 0.05) is 40.5 Å². The maximum absolute atomic E-state index is 12.7. The average Bonchev–Trinajstić information content (AvgIpc) is 3.28. The summed E-state index contributed by atoms with van der Waals surface area (Å²) >= 11 is 1.48. The molecule has 0 saturated carbocycles. The molecule has 2 heterocycles. The quantitative estimate of drug-likeness (QED) is 0.357. The zero-order valence-electron chi connectivity index (χ0n) is 14.1. The normalized spacial score (nSPS) is 11.4. The van der Waals surface area contributed by atoms with Gasteiger partial charge in [-0.3, -0.25) is 4.79 Å². The minimum Gasteiger partial charge on any atom is -0.380 e. The summed E-state index contributed by atoms with van der Waals surface area (Å²) in [5, 5.41) is 4.23. The van der Waals surface area contributed by atoms with Crippen molar-refractivity contribution in [2.45, 2.75) is 13.5 Å². The number of carbonyl (C=O) groups is 1. The van der Waals surface area contributed by atoms with Crippen LogP contribution in [0.1, 0.15) is 22.2 Å². The number of ketones is 1. The van der Waals surface area contributed by atoms with Crippen LogP contribution in [0.25, 0.3) is 21.8 Å². The van der Waals surface area contributed by atoms with Crippen LogP contribution in [0.4, 0.5) is 0 Å². The molecule has 0 aliphatic carbocycles. The number of ether oxygens (including phenoxy) is 1. The lowest BCUT2D eigenvalue weighted by Gasteiger charge is -2.07. The van der Waals surface area contributed by atoms with Crippen LogP contribution < -0.4 is 0 Å². The third-order valence-corrected chi connectivity index (χ3v) is 5.31. The van der Waals surface area contributed by atoms with Gasteiger partial charge in [-0.2, -0.15) is 0 Å². The highest BCUT2D eigenvalue weighted by Gasteiger charge is 2.15. The van der Waals surface area contributed by atoms with E-state index in [-0.39, 0.29) is 5.78 Å². The van der Waals surface area contributed by atoms with Crippen LogP contribution in [0.3, 0.4) is 0 Å². The Bertz CT molecular complexity index is 1030. The molecule has 0 unspecified atom stereocenters. The Hall–Kier alpha value is -2.43. The van der Waals surface area contributed by atoms with Crippen molar-refractivity contribution in [3.05, 3.63) is 70.4 Å². The lowest BCUT2D eigenvalue weighted by Crippen LogP contribution is -2.05. The van der Waals surface area contributed by atoms with Crippen molar-refractivity contribution >= 4 is 38.9 Å². The summed E-state index contributed by atoms with van der Waals surface area (Å²) in [6.07, 6.45) is 0. The van der Waals surface area contributed by atoms with Crippen LogP contribution >= 0.6 is 11.3 Å². The van der Waals surface area contributed by atoms with Crippen LogP contribution in [0.2, 0.25) is 0 Å². The first kappa shape index (κ1) is 16.1. The van der Waals surface area contributed by atoms with Crippen LogP contribution in [-0.2, 0) is 11.3 Å². The van der Waals surface area contributed by atoms with E-state index < -0.39 is 0 Å². The lowest BCUT2D eigenvalue weighted by atomic mass is 10.1. The average molecular weight is 349 g/mol. The maximum Gasteiger partial charge on any atom is 0.202 e. The number of hydrogen-bond acceptors (Lipinski definition) is 3. The number of para-hydroxylation sites is 1. The molecule has 0 fully saturated rings. The summed E-state index contributed by atoms with van der Waals surface area (Å²) < 4.78 is 7.82. The van der Waals surface area contributed by atoms with E-state index in [2.05, 4.69) is 28.8 Å². The molecule has 3 nitrogen and oxygen atoms in total. The molecule has 4 aromatic rings. The third kappa shape index (κ3) is 2.88. The van der Waals surface area contributed by atoms with Crippen LogP contribution in [0.5, 0.6) is 0 Å². The summed E-state index contributed by atoms with van der Waals surface area (Å²) in [5.41, 5.74) is 3.06. The van der Waals surface area contributed by atoms with E-state index in [9.17, 15) is 4.79 Å². The molecular formula is C21H19NO2S. The molecule has 0 spiro atoms. The first-order valence-corrected chi connectivity index (χ1v) is 9.34. The fourth-order valence-corrected chi connectivity index (χ4v) is 3.97. The van der Waals surface area contributed by atoms with E-state index in [1.807, 2.05) is 42.6 Å². The van der Waals surface area contributed by atoms with Gasteiger partial charge in [-0.1, -0.05) is 24.3 Å². The van der Waals surface area contributed by atoms with Crippen LogP contribution in [0.15, 0.2) is 60.0 Å². The summed E-state index contributed by atoms with van der Waals surface area (Å²) in [6, 6.07) is 18.1.